The molecule has 0 spiro atoms. The van der Waals surface area contributed by atoms with Gasteiger partial charge in [0.25, 0.3) is 0 Å². The average molecular weight is 765 g/mol. The van der Waals surface area contributed by atoms with Gasteiger partial charge < -0.3 is 9.47 Å². The minimum absolute atomic E-state index is 1.09. The molecule has 0 aliphatic rings. The van der Waals surface area contributed by atoms with Gasteiger partial charge in [-0.05, 0) is 128 Å². The lowest BCUT2D eigenvalue weighted by Crippen LogP contribution is -2.10. The molecule has 11 rings (SSSR count). The second-order valence-electron chi connectivity index (χ2n) is 15.4. The molecule has 60 heavy (non-hydrogen) atoms. The summed E-state index contributed by atoms with van der Waals surface area (Å²) < 4.78 is 2.42. The first kappa shape index (κ1) is 35.2. The molecule has 10 aromatic carbocycles. The number of hydrogen-bond acceptors (Lipinski definition) is 1. The minimum Gasteiger partial charge on any atom is -0.310 e. The molecule has 0 aliphatic carbocycles. The van der Waals surface area contributed by atoms with E-state index in [1.807, 2.05) is 0 Å². The number of anilines is 3. The van der Waals surface area contributed by atoms with Gasteiger partial charge in [-0.15, -0.1) is 0 Å². The highest BCUT2D eigenvalue weighted by Crippen LogP contribution is 2.43. The fourth-order valence-electron chi connectivity index (χ4n) is 8.88. The molecule has 0 fully saturated rings. The van der Waals surface area contributed by atoms with E-state index in [-0.39, 0.29) is 0 Å². The summed E-state index contributed by atoms with van der Waals surface area (Å²) in [5.74, 6) is 0. The van der Waals surface area contributed by atoms with Crippen molar-refractivity contribution in [3.8, 4) is 50.2 Å². The maximum atomic E-state index is 2.42. The van der Waals surface area contributed by atoms with Gasteiger partial charge in [0.15, 0.2) is 0 Å². The average Bonchev–Trinajstić information content (AvgIpc) is 3.65. The molecular formula is C58H40N2. The number of para-hydroxylation sites is 1. The third-order valence-corrected chi connectivity index (χ3v) is 11.7. The predicted molar refractivity (Wildman–Crippen MR) is 255 cm³/mol. The smallest absolute Gasteiger partial charge is 0.0547 e. The summed E-state index contributed by atoms with van der Waals surface area (Å²) >= 11 is 0. The zero-order valence-corrected chi connectivity index (χ0v) is 33.0. The van der Waals surface area contributed by atoms with Gasteiger partial charge in [-0.3, -0.25) is 0 Å². The van der Waals surface area contributed by atoms with Gasteiger partial charge in [0.1, 0.15) is 0 Å². The molecule has 0 N–H and O–H groups in total. The normalized spacial score (nSPS) is 11.3. The monoisotopic (exact) mass is 764 g/mol. The summed E-state index contributed by atoms with van der Waals surface area (Å²) in [5.41, 5.74) is 16.3. The zero-order chi connectivity index (χ0) is 39.8. The number of benzene rings is 10. The van der Waals surface area contributed by atoms with Crippen LogP contribution >= 0.6 is 0 Å². The second-order valence-corrected chi connectivity index (χ2v) is 15.4. The van der Waals surface area contributed by atoms with Gasteiger partial charge in [0.2, 0.25) is 0 Å². The summed E-state index contributed by atoms with van der Waals surface area (Å²) in [6.07, 6.45) is 0. The number of nitrogens with zero attached hydrogens (tertiary/aromatic N) is 2. The molecule has 0 amide bonds. The van der Waals surface area contributed by atoms with E-state index in [9.17, 15) is 0 Å². The lowest BCUT2D eigenvalue weighted by Gasteiger charge is -2.27. The van der Waals surface area contributed by atoms with Crippen LogP contribution in [0.15, 0.2) is 243 Å². The Bertz CT molecular complexity index is 3290. The van der Waals surface area contributed by atoms with Crippen molar-refractivity contribution in [1.82, 2.24) is 4.57 Å². The van der Waals surface area contributed by atoms with Crippen LogP contribution in [0.2, 0.25) is 0 Å². The van der Waals surface area contributed by atoms with E-state index in [1.165, 1.54) is 71.5 Å². The molecule has 0 saturated carbocycles. The fourth-order valence-corrected chi connectivity index (χ4v) is 8.88. The van der Waals surface area contributed by atoms with E-state index in [1.54, 1.807) is 0 Å². The van der Waals surface area contributed by atoms with E-state index in [0.29, 0.717) is 0 Å². The van der Waals surface area contributed by atoms with Gasteiger partial charge in [-0.1, -0.05) is 170 Å². The standard InChI is InChI=1S/C58H40N2/c1-4-16-41(17-5-1)44-22-12-23-45(36-44)43-32-34-51(35-33-43)59(52-28-13-24-46(37-52)42-18-6-2-7-19-42)53-29-14-25-49(38-53)54-30-15-31-56-58(54)55-39-47-20-10-11-21-48(47)40-57(55)60(56)50-26-8-3-9-27-50/h1-40H. The molecule has 1 heterocycles. The van der Waals surface area contributed by atoms with Crippen LogP contribution in [0.25, 0.3) is 82.8 Å². The van der Waals surface area contributed by atoms with Gasteiger partial charge >= 0.3 is 0 Å². The first-order valence-electron chi connectivity index (χ1n) is 20.6. The number of rotatable bonds is 8. The van der Waals surface area contributed by atoms with Crippen LogP contribution < -0.4 is 4.90 Å². The SMILES string of the molecule is c1ccc(-c2cccc(-c3ccc(N(c4cccc(-c5ccccc5)c4)c4cccc(-c5cccc6c5c5cc7ccccc7cc5n6-c5ccccc5)c4)cc3)c2)cc1. The summed E-state index contributed by atoms with van der Waals surface area (Å²) in [6.45, 7) is 0. The molecule has 0 atom stereocenters. The Morgan fingerprint density at radius 1 is 0.283 bits per heavy atom. The second kappa shape index (κ2) is 15.1. The highest BCUT2D eigenvalue weighted by atomic mass is 15.1. The van der Waals surface area contributed by atoms with Crippen molar-refractivity contribution in [3.05, 3.63) is 243 Å². The maximum absolute atomic E-state index is 2.42. The summed E-state index contributed by atoms with van der Waals surface area (Å²) in [7, 11) is 0. The molecule has 0 bridgehead atoms. The van der Waals surface area contributed by atoms with Crippen molar-refractivity contribution in [2.75, 3.05) is 4.90 Å². The molecule has 2 nitrogen and oxygen atoms in total. The Hall–Kier alpha value is -7.94. The van der Waals surface area contributed by atoms with Crippen molar-refractivity contribution < 1.29 is 0 Å². The molecule has 0 radical (unpaired) electrons. The molecule has 0 saturated heterocycles. The predicted octanol–water partition coefficient (Wildman–Crippen LogP) is 16.1. The Morgan fingerprint density at radius 2 is 0.767 bits per heavy atom. The lowest BCUT2D eigenvalue weighted by atomic mass is 9.97. The van der Waals surface area contributed by atoms with Crippen LogP contribution in [0.4, 0.5) is 17.1 Å². The van der Waals surface area contributed by atoms with Gasteiger partial charge in [-0.25, -0.2) is 0 Å². The highest BCUT2D eigenvalue weighted by Gasteiger charge is 2.19. The zero-order valence-electron chi connectivity index (χ0n) is 33.0. The van der Waals surface area contributed by atoms with Crippen molar-refractivity contribution in [1.29, 1.82) is 0 Å². The van der Waals surface area contributed by atoms with Crippen molar-refractivity contribution in [2.24, 2.45) is 0 Å². The third kappa shape index (κ3) is 6.41. The minimum atomic E-state index is 1.09. The molecule has 2 heteroatoms. The number of aromatic nitrogens is 1. The molecular weight excluding hydrogens is 725 g/mol. The third-order valence-electron chi connectivity index (χ3n) is 11.7. The first-order valence-corrected chi connectivity index (χ1v) is 20.6. The Morgan fingerprint density at radius 3 is 1.42 bits per heavy atom. The Balaban J connectivity index is 1.07. The molecule has 0 unspecified atom stereocenters. The topological polar surface area (TPSA) is 8.17 Å². The van der Waals surface area contributed by atoms with Gasteiger partial charge in [0, 0.05) is 33.5 Å². The Kier molecular flexibility index (Phi) is 8.87. The number of hydrogen-bond donors (Lipinski definition) is 0. The quantitative estimate of drug-likeness (QED) is 0.150. The molecule has 1 aromatic heterocycles. The largest absolute Gasteiger partial charge is 0.310 e. The van der Waals surface area contributed by atoms with E-state index in [2.05, 4.69) is 252 Å². The summed E-state index contributed by atoms with van der Waals surface area (Å²) in [5, 5.41) is 4.96. The van der Waals surface area contributed by atoms with Crippen molar-refractivity contribution >= 4 is 49.6 Å². The van der Waals surface area contributed by atoms with Crippen LogP contribution in [0.1, 0.15) is 0 Å². The maximum Gasteiger partial charge on any atom is 0.0547 e. The lowest BCUT2D eigenvalue weighted by molar-refractivity contribution is 1.18. The summed E-state index contributed by atoms with van der Waals surface area (Å²) in [4.78, 5) is 2.39. The van der Waals surface area contributed by atoms with Crippen LogP contribution in [0.5, 0.6) is 0 Å². The van der Waals surface area contributed by atoms with Crippen LogP contribution in [-0.2, 0) is 0 Å². The van der Waals surface area contributed by atoms with E-state index in [4.69, 9.17) is 0 Å². The number of fused-ring (bicyclic) bond motifs is 4. The van der Waals surface area contributed by atoms with Gasteiger partial charge in [-0.2, -0.15) is 0 Å². The fraction of sp³-hybridized carbons (Fsp3) is 0. The Labute approximate surface area is 350 Å². The van der Waals surface area contributed by atoms with Crippen LogP contribution in [0.3, 0.4) is 0 Å². The van der Waals surface area contributed by atoms with Crippen LogP contribution in [0, 0.1) is 0 Å². The molecule has 0 aliphatic heterocycles. The van der Waals surface area contributed by atoms with E-state index in [0.717, 1.165) is 28.3 Å². The first-order chi connectivity index (χ1) is 29.7. The van der Waals surface area contributed by atoms with Gasteiger partial charge in [0.05, 0.1) is 11.0 Å². The van der Waals surface area contributed by atoms with Crippen LogP contribution in [-0.4, -0.2) is 4.57 Å². The summed E-state index contributed by atoms with van der Waals surface area (Å²) in [6, 6.07) is 87.9. The van der Waals surface area contributed by atoms with Crippen molar-refractivity contribution in [2.45, 2.75) is 0 Å². The van der Waals surface area contributed by atoms with Crippen molar-refractivity contribution in [3.63, 3.8) is 0 Å². The molecule has 11 aromatic rings. The van der Waals surface area contributed by atoms with E-state index < -0.39 is 0 Å². The molecule has 282 valence electrons. The highest BCUT2D eigenvalue weighted by molar-refractivity contribution is 6.18. The van der Waals surface area contributed by atoms with E-state index >= 15 is 0 Å².